The maximum atomic E-state index is 12.9. The van der Waals surface area contributed by atoms with Crippen LogP contribution in [0.4, 0.5) is 5.69 Å². The fraction of sp³-hybridized carbons (Fsp3) is 0.318. The first-order valence-corrected chi connectivity index (χ1v) is 11.6. The van der Waals surface area contributed by atoms with Gasteiger partial charge < -0.3 is 13.9 Å². The van der Waals surface area contributed by atoms with Crippen LogP contribution in [0.3, 0.4) is 0 Å². The van der Waals surface area contributed by atoms with E-state index >= 15 is 0 Å². The first kappa shape index (κ1) is 22.9. The van der Waals surface area contributed by atoms with Crippen molar-refractivity contribution < 1.29 is 27.2 Å². The van der Waals surface area contributed by atoms with E-state index in [1.165, 1.54) is 22.5 Å². The summed E-state index contributed by atoms with van der Waals surface area (Å²) in [6, 6.07) is 8.48. The zero-order chi connectivity index (χ0) is 23.8. The van der Waals surface area contributed by atoms with Crippen LogP contribution >= 0.6 is 0 Å². The highest BCUT2D eigenvalue weighted by Crippen LogP contribution is 2.32. The molecule has 0 aliphatic carbocycles. The number of hydrogen-bond donors (Lipinski definition) is 0. The molecule has 3 aromatic rings. The number of hydrogen-bond acceptors (Lipinski definition) is 8. The molecular formula is C22H22N2O8S. The van der Waals surface area contributed by atoms with E-state index < -0.39 is 26.3 Å². The molecule has 1 saturated heterocycles. The summed E-state index contributed by atoms with van der Waals surface area (Å²) in [5.41, 5.74) is 1.66. The average Bonchev–Trinajstić information content (AvgIpc) is 2.80. The number of morpholine rings is 1. The molecule has 33 heavy (non-hydrogen) atoms. The van der Waals surface area contributed by atoms with Crippen molar-refractivity contribution in [2.75, 3.05) is 26.3 Å². The van der Waals surface area contributed by atoms with Gasteiger partial charge in [-0.15, -0.1) is 0 Å². The van der Waals surface area contributed by atoms with Gasteiger partial charge in [-0.1, -0.05) is 12.1 Å². The second kappa shape index (κ2) is 8.93. The summed E-state index contributed by atoms with van der Waals surface area (Å²) in [6.45, 7) is 4.48. The Bertz CT molecular complexity index is 1390. The van der Waals surface area contributed by atoms with Crippen LogP contribution < -0.4 is 10.4 Å². The van der Waals surface area contributed by atoms with Crippen molar-refractivity contribution in [3.05, 3.63) is 73.6 Å². The van der Waals surface area contributed by atoms with E-state index in [0.29, 0.717) is 16.5 Å². The number of nitro groups is 1. The molecule has 0 N–H and O–H groups in total. The number of fused-ring (bicyclic) bond motifs is 1. The van der Waals surface area contributed by atoms with Crippen LogP contribution in [0.1, 0.15) is 16.7 Å². The number of benzene rings is 2. The lowest BCUT2D eigenvalue weighted by Crippen LogP contribution is -2.40. The Morgan fingerprint density at radius 3 is 2.55 bits per heavy atom. The van der Waals surface area contributed by atoms with Crippen molar-refractivity contribution in [1.29, 1.82) is 0 Å². The Kier molecular flexibility index (Phi) is 6.19. The van der Waals surface area contributed by atoms with Crippen LogP contribution in [-0.2, 0) is 21.4 Å². The molecule has 0 bridgehead atoms. The average molecular weight is 474 g/mol. The van der Waals surface area contributed by atoms with Gasteiger partial charge in [-0.25, -0.2) is 13.2 Å². The van der Waals surface area contributed by atoms with Crippen molar-refractivity contribution in [2.45, 2.75) is 25.3 Å². The van der Waals surface area contributed by atoms with Crippen LogP contribution in [0.2, 0.25) is 0 Å². The second-order valence-electron chi connectivity index (χ2n) is 7.67. The zero-order valence-corrected chi connectivity index (χ0v) is 18.9. The van der Waals surface area contributed by atoms with E-state index in [1.54, 1.807) is 6.07 Å². The van der Waals surface area contributed by atoms with Crippen molar-refractivity contribution in [3.63, 3.8) is 0 Å². The molecule has 174 valence electrons. The van der Waals surface area contributed by atoms with Gasteiger partial charge in [0.25, 0.3) is 0 Å². The molecule has 11 heteroatoms. The Balaban J connectivity index is 1.66. The number of aryl methyl sites for hydroxylation is 2. The van der Waals surface area contributed by atoms with Gasteiger partial charge in [-0.2, -0.15) is 4.31 Å². The van der Waals surface area contributed by atoms with Crippen LogP contribution in [0.5, 0.6) is 5.75 Å². The van der Waals surface area contributed by atoms with E-state index in [2.05, 4.69) is 0 Å². The van der Waals surface area contributed by atoms with Crippen molar-refractivity contribution in [1.82, 2.24) is 4.31 Å². The van der Waals surface area contributed by atoms with Crippen molar-refractivity contribution in [3.8, 4) is 5.75 Å². The topological polar surface area (TPSA) is 129 Å². The summed E-state index contributed by atoms with van der Waals surface area (Å²) < 4.78 is 43.1. The normalized spacial score (nSPS) is 15.0. The molecule has 1 aliphatic heterocycles. The van der Waals surface area contributed by atoms with Crippen LogP contribution in [0, 0.1) is 24.0 Å². The number of sulfonamides is 1. The van der Waals surface area contributed by atoms with Crippen LogP contribution in [-0.4, -0.2) is 43.9 Å². The summed E-state index contributed by atoms with van der Waals surface area (Å²) in [5, 5.41) is 12.3. The molecule has 0 atom stereocenters. The van der Waals surface area contributed by atoms with E-state index in [0.717, 1.165) is 17.2 Å². The zero-order valence-electron chi connectivity index (χ0n) is 18.1. The molecule has 0 spiro atoms. The maximum absolute atomic E-state index is 12.9. The number of nitrogens with zero attached hydrogens (tertiary/aromatic N) is 2. The molecule has 10 nitrogen and oxygen atoms in total. The van der Waals surface area contributed by atoms with Gasteiger partial charge >= 0.3 is 11.3 Å². The number of nitro benzene ring substituents is 1. The minimum Gasteiger partial charge on any atom is -0.482 e. The van der Waals surface area contributed by atoms with Gasteiger partial charge in [0.2, 0.25) is 10.0 Å². The van der Waals surface area contributed by atoms with E-state index in [1.807, 2.05) is 19.9 Å². The highest BCUT2D eigenvalue weighted by atomic mass is 32.2. The lowest BCUT2D eigenvalue weighted by molar-refractivity contribution is -0.386. The molecule has 0 amide bonds. The smallest absolute Gasteiger partial charge is 0.336 e. The van der Waals surface area contributed by atoms with Gasteiger partial charge in [0.1, 0.15) is 12.2 Å². The Morgan fingerprint density at radius 1 is 1.12 bits per heavy atom. The van der Waals surface area contributed by atoms with Crippen LogP contribution in [0.25, 0.3) is 11.0 Å². The third-order valence-corrected chi connectivity index (χ3v) is 7.53. The summed E-state index contributed by atoms with van der Waals surface area (Å²) >= 11 is 0. The molecule has 2 heterocycles. The molecule has 1 fully saturated rings. The first-order chi connectivity index (χ1) is 15.7. The quantitative estimate of drug-likeness (QED) is 0.303. The van der Waals surface area contributed by atoms with Crippen LogP contribution in [0.15, 0.2) is 50.5 Å². The number of rotatable bonds is 6. The van der Waals surface area contributed by atoms with E-state index in [4.69, 9.17) is 13.9 Å². The Labute approximate surface area is 189 Å². The maximum Gasteiger partial charge on any atom is 0.336 e. The number of ether oxygens (including phenoxy) is 2. The van der Waals surface area contributed by atoms with Gasteiger partial charge in [0, 0.05) is 36.2 Å². The molecule has 1 aromatic heterocycles. The van der Waals surface area contributed by atoms with E-state index in [-0.39, 0.29) is 43.6 Å². The third-order valence-electron chi connectivity index (χ3n) is 5.64. The predicted molar refractivity (Wildman–Crippen MR) is 119 cm³/mol. The molecule has 2 aromatic carbocycles. The van der Waals surface area contributed by atoms with Gasteiger partial charge in [-0.3, -0.25) is 10.1 Å². The molecule has 0 unspecified atom stereocenters. The van der Waals surface area contributed by atoms with Crippen molar-refractivity contribution >= 4 is 26.7 Å². The summed E-state index contributed by atoms with van der Waals surface area (Å²) in [4.78, 5) is 22.8. The summed E-state index contributed by atoms with van der Waals surface area (Å²) in [7, 11) is -3.91. The first-order valence-electron chi connectivity index (χ1n) is 10.2. The highest BCUT2D eigenvalue weighted by Gasteiger charge is 2.29. The minimum atomic E-state index is -3.91. The van der Waals surface area contributed by atoms with E-state index in [9.17, 15) is 23.3 Å². The van der Waals surface area contributed by atoms with Gasteiger partial charge in [-0.05, 0) is 37.1 Å². The second-order valence-corrected chi connectivity index (χ2v) is 9.60. The van der Waals surface area contributed by atoms with Gasteiger partial charge in [0.15, 0.2) is 5.75 Å². The SMILES string of the molecule is Cc1ccc2c(COc3ccc(S(=O)(=O)N4CCOCC4)cc3[N+](=O)[O-])cc(=O)oc2c1C. The minimum absolute atomic E-state index is 0.105. The molecule has 1 aliphatic rings. The largest absolute Gasteiger partial charge is 0.482 e. The molecule has 4 rings (SSSR count). The standard InChI is InChI=1S/C22H22N2O8S/c1-14-3-5-18-16(11-21(25)32-22(18)15(14)2)13-31-20-6-4-17(12-19(20)24(26)27)33(28,29)23-7-9-30-10-8-23/h3-6,11-12H,7-10,13H2,1-2H3. The summed E-state index contributed by atoms with van der Waals surface area (Å²) in [5.74, 6) is -0.105. The highest BCUT2D eigenvalue weighted by molar-refractivity contribution is 7.89. The fourth-order valence-corrected chi connectivity index (χ4v) is 5.09. The molecule has 0 radical (unpaired) electrons. The van der Waals surface area contributed by atoms with Crippen molar-refractivity contribution in [2.24, 2.45) is 0 Å². The fourth-order valence-electron chi connectivity index (χ4n) is 3.66. The molecular weight excluding hydrogens is 452 g/mol. The Hall–Kier alpha value is -3.28. The predicted octanol–water partition coefficient (Wildman–Crippen LogP) is 2.92. The third kappa shape index (κ3) is 4.47. The molecule has 0 saturated carbocycles. The lowest BCUT2D eigenvalue weighted by Gasteiger charge is -2.26. The lowest BCUT2D eigenvalue weighted by atomic mass is 10.0. The summed E-state index contributed by atoms with van der Waals surface area (Å²) in [6.07, 6.45) is 0. The Morgan fingerprint density at radius 2 is 1.85 bits per heavy atom. The van der Waals surface area contributed by atoms with Gasteiger partial charge in [0.05, 0.1) is 23.0 Å². The monoisotopic (exact) mass is 474 g/mol.